The molecule has 2 N–H and O–H groups in total. The van der Waals surface area contributed by atoms with E-state index in [4.69, 9.17) is 5.73 Å². The van der Waals surface area contributed by atoms with Crippen LogP contribution in [0.2, 0.25) is 0 Å². The Kier molecular flexibility index (Phi) is 2.23. The van der Waals surface area contributed by atoms with Crippen LogP contribution >= 0.6 is 0 Å². The molecule has 0 aliphatic heterocycles. The molecule has 0 amide bonds. The van der Waals surface area contributed by atoms with E-state index in [2.05, 4.69) is 9.98 Å². The third-order valence-electron chi connectivity index (χ3n) is 2.92. The molecule has 0 spiro atoms. The summed E-state index contributed by atoms with van der Waals surface area (Å²) in [4.78, 5) is 8.51. The summed E-state index contributed by atoms with van der Waals surface area (Å²) < 4.78 is 0. The Bertz CT molecular complexity index is 336. The number of nitrogen functional groups attached to an aromatic ring is 1. The lowest BCUT2D eigenvalue weighted by Crippen LogP contribution is -2.36. The number of nitrogens with two attached hydrogens (primary N) is 1. The maximum Gasteiger partial charge on any atom is 0.0520 e. The zero-order valence-electron chi connectivity index (χ0n) is 8.40. The number of nitrogens with zero attached hydrogens (tertiary/aromatic N) is 2. The van der Waals surface area contributed by atoms with Gasteiger partial charge in [-0.25, -0.2) is 0 Å². The standard InChI is InChI=1S/C11H15N3/c1-13-8-11(5-2-6-11)10-4-3-9(12)7-14-10/h3-4,7-8H,2,5-6,12H2,1H3. The molecule has 3 heteroatoms. The van der Waals surface area contributed by atoms with E-state index in [1.54, 1.807) is 6.20 Å². The lowest BCUT2D eigenvalue weighted by molar-refractivity contribution is 0.339. The van der Waals surface area contributed by atoms with Crippen LogP contribution in [0.25, 0.3) is 0 Å². The molecule has 1 aromatic rings. The zero-order valence-corrected chi connectivity index (χ0v) is 8.40. The number of hydrogen-bond acceptors (Lipinski definition) is 3. The van der Waals surface area contributed by atoms with E-state index in [1.807, 2.05) is 25.4 Å². The monoisotopic (exact) mass is 189 g/mol. The molecular formula is C11H15N3. The molecule has 1 aliphatic carbocycles. The second-order valence-electron chi connectivity index (χ2n) is 3.87. The van der Waals surface area contributed by atoms with Crippen molar-refractivity contribution in [3.63, 3.8) is 0 Å². The predicted octanol–water partition coefficient (Wildman–Crippen LogP) is 1.79. The first-order chi connectivity index (χ1) is 6.77. The number of aliphatic imine (C=N–C) groups is 1. The fourth-order valence-corrected chi connectivity index (χ4v) is 1.96. The van der Waals surface area contributed by atoms with E-state index >= 15 is 0 Å². The Hall–Kier alpha value is -1.38. The molecule has 74 valence electrons. The minimum absolute atomic E-state index is 0.0997. The molecule has 1 aromatic heterocycles. The van der Waals surface area contributed by atoms with Crippen LogP contribution in [0.5, 0.6) is 0 Å². The molecule has 0 radical (unpaired) electrons. The molecule has 0 atom stereocenters. The Morgan fingerprint density at radius 3 is 2.71 bits per heavy atom. The Morgan fingerprint density at radius 1 is 1.50 bits per heavy atom. The molecule has 1 heterocycles. The van der Waals surface area contributed by atoms with Gasteiger partial charge in [0.15, 0.2) is 0 Å². The first-order valence-electron chi connectivity index (χ1n) is 4.92. The SMILES string of the molecule is CN=CC1(c2ccc(N)cn2)CCC1. The van der Waals surface area contributed by atoms with Gasteiger partial charge in [0.05, 0.1) is 17.6 Å². The average molecular weight is 189 g/mol. The van der Waals surface area contributed by atoms with Gasteiger partial charge in [-0.3, -0.25) is 9.98 Å². The van der Waals surface area contributed by atoms with Crippen LogP contribution < -0.4 is 5.73 Å². The number of aromatic nitrogens is 1. The van der Waals surface area contributed by atoms with Crippen molar-refractivity contribution in [1.29, 1.82) is 0 Å². The van der Waals surface area contributed by atoms with Crippen LogP contribution in [0, 0.1) is 0 Å². The summed E-state index contributed by atoms with van der Waals surface area (Å²) >= 11 is 0. The quantitative estimate of drug-likeness (QED) is 0.721. The van der Waals surface area contributed by atoms with Crippen LogP contribution in [-0.2, 0) is 5.41 Å². The molecule has 3 nitrogen and oxygen atoms in total. The van der Waals surface area contributed by atoms with E-state index < -0.39 is 0 Å². The lowest BCUT2D eigenvalue weighted by atomic mass is 9.67. The number of rotatable bonds is 2. The van der Waals surface area contributed by atoms with Crippen molar-refractivity contribution < 1.29 is 0 Å². The van der Waals surface area contributed by atoms with Crippen LogP contribution in [-0.4, -0.2) is 18.2 Å². The summed E-state index contributed by atoms with van der Waals surface area (Å²) in [5, 5.41) is 0. The summed E-state index contributed by atoms with van der Waals surface area (Å²) in [6.45, 7) is 0. The molecule has 1 fully saturated rings. The Labute approximate surface area is 84.1 Å². The van der Waals surface area contributed by atoms with Crippen molar-refractivity contribution in [2.45, 2.75) is 24.7 Å². The zero-order chi connectivity index (χ0) is 10.0. The minimum atomic E-state index is 0.0997. The van der Waals surface area contributed by atoms with E-state index in [0.717, 1.165) is 24.2 Å². The number of hydrogen-bond donors (Lipinski definition) is 1. The molecule has 0 unspecified atom stereocenters. The van der Waals surface area contributed by atoms with Crippen LogP contribution in [0.1, 0.15) is 25.0 Å². The second-order valence-corrected chi connectivity index (χ2v) is 3.87. The van der Waals surface area contributed by atoms with Gasteiger partial charge in [-0.1, -0.05) is 6.42 Å². The fraction of sp³-hybridized carbons (Fsp3) is 0.455. The maximum atomic E-state index is 5.61. The highest BCUT2D eigenvalue weighted by molar-refractivity contribution is 5.74. The van der Waals surface area contributed by atoms with Gasteiger partial charge in [0.2, 0.25) is 0 Å². The van der Waals surface area contributed by atoms with Crippen molar-refractivity contribution in [2.24, 2.45) is 4.99 Å². The topological polar surface area (TPSA) is 51.3 Å². The van der Waals surface area contributed by atoms with Crippen LogP contribution in [0.15, 0.2) is 23.3 Å². The molecular weight excluding hydrogens is 174 g/mol. The third-order valence-corrected chi connectivity index (χ3v) is 2.92. The molecule has 14 heavy (non-hydrogen) atoms. The van der Waals surface area contributed by atoms with E-state index in [1.165, 1.54) is 6.42 Å². The summed E-state index contributed by atoms with van der Waals surface area (Å²) in [7, 11) is 1.82. The first-order valence-corrected chi connectivity index (χ1v) is 4.92. The van der Waals surface area contributed by atoms with E-state index in [0.29, 0.717) is 0 Å². The third kappa shape index (κ3) is 1.39. The highest BCUT2D eigenvalue weighted by Gasteiger charge is 2.38. The summed E-state index contributed by atoms with van der Waals surface area (Å²) in [6, 6.07) is 3.92. The van der Waals surface area contributed by atoms with Gasteiger partial charge in [-0.05, 0) is 25.0 Å². The second kappa shape index (κ2) is 3.40. The maximum absolute atomic E-state index is 5.61. The van der Waals surface area contributed by atoms with Gasteiger partial charge < -0.3 is 5.73 Å². The number of pyridine rings is 1. The van der Waals surface area contributed by atoms with Crippen LogP contribution in [0.4, 0.5) is 5.69 Å². The smallest absolute Gasteiger partial charge is 0.0520 e. The molecule has 1 aliphatic rings. The van der Waals surface area contributed by atoms with Crippen molar-refractivity contribution in [3.05, 3.63) is 24.0 Å². The van der Waals surface area contributed by atoms with Crippen molar-refractivity contribution >= 4 is 11.9 Å². The van der Waals surface area contributed by atoms with Gasteiger partial charge in [-0.2, -0.15) is 0 Å². The summed E-state index contributed by atoms with van der Waals surface area (Å²) in [5.74, 6) is 0. The first kappa shape index (κ1) is 9.19. The molecule has 2 rings (SSSR count). The van der Waals surface area contributed by atoms with E-state index in [-0.39, 0.29) is 5.41 Å². The lowest BCUT2D eigenvalue weighted by Gasteiger charge is -2.37. The normalized spacial score (nSPS) is 19.5. The van der Waals surface area contributed by atoms with Crippen molar-refractivity contribution in [1.82, 2.24) is 4.98 Å². The summed E-state index contributed by atoms with van der Waals surface area (Å²) in [6.07, 6.45) is 7.31. The molecule has 1 saturated carbocycles. The molecule has 0 bridgehead atoms. The predicted molar refractivity (Wildman–Crippen MR) is 58.6 cm³/mol. The average Bonchev–Trinajstić information content (AvgIpc) is 2.13. The van der Waals surface area contributed by atoms with Gasteiger partial charge in [0, 0.05) is 18.7 Å². The van der Waals surface area contributed by atoms with Gasteiger partial charge >= 0.3 is 0 Å². The summed E-state index contributed by atoms with van der Waals surface area (Å²) in [5.41, 5.74) is 7.53. The van der Waals surface area contributed by atoms with Gasteiger partial charge in [-0.15, -0.1) is 0 Å². The number of anilines is 1. The van der Waals surface area contributed by atoms with Gasteiger partial charge in [0.25, 0.3) is 0 Å². The minimum Gasteiger partial charge on any atom is -0.397 e. The fourth-order valence-electron chi connectivity index (χ4n) is 1.96. The van der Waals surface area contributed by atoms with Crippen LogP contribution in [0.3, 0.4) is 0 Å². The highest BCUT2D eigenvalue weighted by atomic mass is 14.8. The van der Waals surface area contributed by atoms with Crippen molar-refractivity contribution in [3.8, 4) is 0 Å². The molecule has 0 aromatic carbocycles. The Morgan fingerprint density at radius 2 is 2.29 bits per heavy atom. The van der Waals surface area contributed by atoms with E-state index in [9.17, 15) is 0 Å². The van der Waals surface area contributed by atoms with Crippen molar-refractivity contribution in [2.75, 3.05) is 12.8 Å². The highest BCUT2D eigenvalue weighted by Crippen LogP contribution is 2.41. The Balaban J connectivity index is 2.32. The molecule has 0 saturated heterocycles. The largest absolute Gasteiger partial charge is 0.397 e. The van der Waals surface area contributed by atoms with Gasteiger partial charge in [0.1, 0.15) is 0 Å².